The minimum absolute atomic E-state index is 0.214. The van der Waals surface area contributed by atoms with E-state index in [4.69, 9.17) is 5.11 Å². The lowest BCUT2D eigenvalue weighted by molar-refractivity contribution is -0.147. The molecule has 0 spiro atoms. The van der Waals surface area contributed by atoms with E-state index in [1.54, 1.807) is 0 Å². The third-order valence-electron chi connectivity index (χ3n) is 5.46. The number of carbonyl (C=O) groups excluding carboxylic acids is 1. The Morgan fingerprint density at radius 2 is 1.68 bits per heavy atom. The Kier molecular flexibility index (Phi) is 3.27. The number of amides is 1. The van der Waals surface area contributed by atoms with Crippen molar-refractivity contribution in [1.82, 2.24) is 4.90 Å². The molecule has 1 heterocycles. The number of rotatable bonds is 2. The van der Waals surface area contributed by atoms with Crippen molar-refractivity contribution in [2.75, 3.05) is 6.54 Å². The Balaban J connectivity index is 1.66. The van der Waals surface area contributed by atoms with E-state index in [1.807, 2.05) is 4.90 Å². The summed E-state index contributed by atoms with van der Waals surface area (Å²) in [6, 6.07) is 0.214. The van der Waals surface area contributed by atoms with Gasteiger partial charge in [0.15, 0.2) is 0 Å². The van der Waals surface area contributed by atoms with Gasteiger partial charge in [0, 0.05) is 18.5 Å². The summed E-state index contributed by atoms with van der Waals surface area (Å²) in [6.45, 7) is 2.48. The molecule has 0 aromatic rings. The van der Waals surface area contributed by atoms with E-state index in [9.17, 15) is 9.59 Å². The third-order valence-corrected chi connectivity index (χ3v) is 5.46. The molecule has 4 heteroatoms. The van der Waals surface area contributed by atoms with Crippen molar-refractivity contribution >= 4 is 11.9 Å². The number of fused-ring (bicyclic) bond motifs is 1. The Morgan fingerprint density at radius 1 is 1.05 bits per heavy atom. The van der Waals surface area contributed by atoms with E-state index in [0.717, 1.165) is 6.42 Å². The van der Waals surface area contributed by atoms with E-state index in [1.165, 1.54) is 25.7 Å². The van der Waals surface area contributed by atoms with Crippen molar-refractivity contribution in [3.05, 3.63) is 0 Å². The highest BCUT2D eigenvalue weighted by molar-refractivity contribution is 5.83. The van der Waals surface area contributed by atoms with E-state index in [2.05, 4.69) is 6.92 Å². The molecule has 1 saturated heterocycles. The molecule has 0 radical (unpaired) electrons. The number of carboxylic acids is 1. The number of nitrogens with zero attached hydrogens (tertiary/aromatic N) is 1. The summed E-state index contributed by atoms with van der Waals surface area (Å²) in [7, 11) is 0. The van der Waals surface area contributed by atoms with Crippen LogP contribution in [0, 0.1) is 23.7 Å². The fourth-order valence-corrected chi connectivity index (χ4v) is 4.17. The maximum Gasteiger partial charge on any atom is 0.308 e. The predicted octanol–water partition coefficient (Wildman–Crippen LogP) is 2.13. The highest BCUT2D eigenvalue weighted by Crippen LogP contribution is 2.56. The van der Waals surface area contributed by atoms with E-state index in [0.29, 0.717) is 24.8 Å². The molecule has 4 nitrogen and oxygen atoms in total. The molecule has 0 aromatic heterocycles. The van der Waals surface area contributed by atoms with Gasteiger partial charge in [-0.2, -0.15) is 0 Å². The van der Waals surface area contributed by atoms with Crippen LogP contribution in [0.25, 0.3) is 0 Å². The summed E-state index contributed by atoms with van der Waals surface area (Å²) in [5.74, 6) is 0.573. The van der Waals surface area contributed by atoms with Crippen LogP contribution >= 0.6 is 0 Å². The Labute approximate surface area is 114 Å². The topological polar surface area (TPSA) is 57.6 Å². The molecule has 3 fully saturated rings. The average Bonchev–Trinajstić information content (AvgIpc) is 3.12. The van der Waals surface area contributed by atoms with Crippen LogP contribution in [0.5, 0.6) is 0 Å². The smallest absolute Gasteiger partial charge is 0.308 e. The molecule has 3 rings (SSSR count). The van der Waals surface area contributed by atoms with Crippen LogP contribution in [-0.2, 0) is 9.59 Å². The van der Waals surface area contributed by atoms with Gasteiger partial charge in [-0.15, -0.1) is 0 Å². The van der Waals surface area contributed by atoms with Crippen molar-refractivity contribution in [3.8, 4) is 0 Å². The molecule has 4 atom stereocenters. The molecular formula is C15H23NO3. The zero-order valence-electron chi connectivity index (χ0n) is 11.5. The second-order valence-electron chi connectivity index (χ2n) is 6.59. The molecule has 1 N–H and O–H groups in total. The van der Waals surface area contributed by atoms with Gasteiger partial charge in [-0.05, 0) is 44.4 Å². The number of aliphatic carboxylic acids is 1. The minimum atomic E-state index is -0.752. The van der Waals surface area contributed by atoms with Crippen molar-refractivity contribution in [2.45, 2.75) is 51.5 Å². The minimum Gasteiger partial charge on any atom is -0.481 e. The van der Waals surface area contributed by atoms with Crippen LogP contribution in [-0.4, -0.2) is 34.5 Å². The second kappa shape index (κ2) is 4.80. The van der Waals surface area contributed by atoms with Crippen molar-refractivity contribution < 1.29 is 14.7 Å². The van der Waals surface area contributed by atoms with E-state index < -0.39 is 5.97 Å². The first-order chi connectivity index (χ1) is 9.09. The predicted molar refractivity (Wildman–Crippen MR) is 70.5 cm³/mol. The van der Waals surface area contributed by atoms with Gasteiger partial charge in [0.2, 0.25) is 5.91 Å². The van der Waals surface area contributed by atoms with Gasteiger partial charge >= 0.3 is 5.97 Å². The molecule has 0 aromatic carbocycles. The maximum absolute atomic E-state index is 12.6. The van der Waals surface area contributed by atoms with Gasteiger partial charge in [-0.1, -0.05) is 12.8 Å². The zero-order valence-corrected chi connectivity index (χ0v) is 11.5. The highest BCUT2D eigenvalue weighted by atomic mass is 16.4. The molecule has 4 unspecified atom stereocenters. The summed E-state index contributed by atoms with van der Waals surface area (Å²) in [5, 5.41) is 9.15. The van der Waals surface area contributed by atoms with Gasteiger partial charge < -0.3 is 10.0 Å². The van der Waals surface area contributed by atoms with Crippen LogP contribution in [0.4, 0.5) is 0 Å². The molecule has 2 saturated carbocycles. The van der Waals surface area contributed by atoms with Crippen LogP contribution in [0.1, 0.15) is 45.4 Å². The summed E-state index contributed by atoms with van der Waals surface area (Å²) in [4.78, 5) is 25.6. The molecule has 0 bridgehead atoms. The maximum atomic E-state index is 12.6. The third kappa shape index (κ3) is 2.26. The lowest BCUT2D eigenvalue weighted by atomic mass is 9.93. The number of carboxylic acid groups (broad SMARTS) is 1. The molecule has 106 valence electrons. The van der Waals surface area contributed by atoms with Crippen molar-refractivity contribution in [3.63, 3.8) is 0 Å². The standard InChI is InChI=1S/C15H23NO3/c1-9-6-7-10(15(18)19)8-16(9)14(17)13-11-4-2-3-5-12(11)13/h9-13H,2-8H2,1H3,(H,18,19). The number of carbonyl (C=O) groups is 2. The zero-order chi connectivity index (χ0) is 13.6. The number of hydrogen-bond donors (Lipinski definition) is 1. The normalized spacial score (nSPS) is 41.5. The molecule has 1 amide bonds. The molecule has 19 heavy (non-hydrogen) atoms. The van der Waals surface area contributed by atoms with E-state index in [-0.39, 0.29) is 23.8 Å². The number of piperidine rings is 1. The monoisotopic (exact) mass is 265 g/mol. The van der Waals surface area contributed by atoms with E-state index >= 15 is 0 Å². The SMILES string of the molecule is CC1CCC(C(=O)O)CN1C(=O)C1C2CCCCC21. The van der Waals surface area contributed by atoms with Gasteiger partial charge in [0.05, 0.1) is 5.92 Å². The largest absolute Gasteiger partial charge is 0.481 e. The van der Waals surface area contributed by atoms with Crippen LogP contribution < -0.4 is 0 Å². The fraction of sp³-hybridized carbons (Fsp3) is 0.867. The van der Waals surface area contributed by atoms with Crippen LogP contribution in [0.3, 0.4) is 0 Å². The highest BCUT2D eigenvalue weighted by Gasteiger charge is 2.56. The first-order valence-electron chi connectivity index (χ1n) is 7.63. The number of hydrogen-bond acceptors (Lipinski definition) is 2. The van der Waals surface area contributed by atoms with Gasteiger partial charge in [-0.25, -0.2) is 0 Å². The summed E-state index contributed by atoms with van der Waals surface area (Å²) < 4.78 is 0. The average molecular weight is 265 g/mol. The summed E-state index contributed by atoms with van der Waals surface area (Å²) >= 11 is 0. The summed E-state index contributed by atoms with van der Waals surface area (Å²) in [5.41, 5.74) is 0. The number of likely N-dealkylation sites (tertiary alicyclic amines) is 1. The van der Waals surface area contributed by atoms with Crippen molar-refractivity contribution in [1.29, 1.82) is 0 Å². The molecule has 1 aliphatic heterocycles. The lowest BCUT2D eigenvalue weighted by Gasteiger charge is -2.36. The lowest BCUT2D eigenvalue weighted by Crippen LogP contribution is -2.48. The Bertz CT molecular complexity index is 383. The van der Waals surface area contributed by atoms with Gasteiger partial charge in [0.25, 0.3) is 0 Å². The van der Waals surface area contributed by atoms with Gasteiger partial charge in [-0.3, -0.25) is 9.59 Å². The Hall–Kier alpha value is -1.06. The Morgan fingerprint density at radius 3 is 2.26 bits per heavy atom. The van der Waals surface area contributed by atoms with Crippen LogP contribution in [0.2, 0.25) is 0 Å². The van der Waals surface area contributed by atoms with Crippen molar-refractivity contribution in [2.24, 2.45) is 23.7 Å². The summed E-state index contributed by atoms with van der Waals surface area (Å²) in [6.07, 6.45) is 6.45. The quantitative estimate of drug-likeness (QED) is 0.832. The fourth-order valence-electron chi connectivity index (χ4n) is 4.17. The molecule has 2 aliphatic carbocycles. The van der Waals surface area contributed by atoms with Gasteiger partial charge in [0.1, 0.15) is 0 Å². The second-order valence-corrected chi connectivity index (χ2v) is 6.59. The van der Waals surface area contributed by atoms with Crippen LogP contribution in [0.15, 0.2) is 0 Å². The first-order valence-corrected chi connectivity index (χ1v) is 7.63. The first kappa shape index (κ1) is 12.9. The molecule has 3 aliphatic rings. The molecular weight excluding hydrogens is 242 g/mol.